The Kier molecular flexibility index (Phi) is 3.79. The molecular weight excluding hydrogens is 284 g/mol. The lowest BCUT2D eigenvalue weighted by Crippen LogP contribution is -2.12. The van der Waals surface area contributed by atoms with Crippen molar-refractivity contribution in [2.45, 2.75) is 24.1 Å². The van der Waals surface area contributed by atoms with Crippen LogP contribution in [0.1, 0.15) is 12.7 Å². The molecule has 2 rings (SSSR count). The Hall–Kier alpha value is -2.29. The van der Waals surface area contributed by atoms with E-state index in [1.165, 1.54) is 29.1 Å². The number of sulfone groups is 1. The van der Waals surface area contributed by atoms with Crippen molar-refractivity contribution in [3.63, 3.8) is 0 Å². The quantitative estimate of drug-likeness (QED) is 0.605. The predicted octanol–water partition coefficient (Wildman–Crippen LogP) is 1.18. The van der Waals surface area contributed by atoms with E-state index in [2.05, 4.69) is 9.97 Å². The second-order valence-corrected chi connectivity index (χ2v) is 5.97. The molecule has 9 heteroatoms. The maximum Gasteiger partial charge on any atom is 0.342 e. The van der Waals surface area contributed by atoms with Crippen molar-refractivity contribution in [2.24, 2.45) is 0 Å². The van der Waals surface area contributed by atoms with E-state index < -0.39 is 20.5 Å². The Balaban J connectivity index is 2.38. The Morgan fingerprint density at radius 3 is 2.70 bits per heavy atom. The molecule has 2 heterocycles. The van der Waals surface area contributed by atoms with E-state index in [1.807, 2.05) is 0 Å². The monoisotopic (exact) mass is 296 g/mol. The Bertz CT molecular complexity index is 724. The summed E-state index contributed by atoms with van der Waals surface area (Å²) in [4.78, 5) is 17.9. The Labute approximate surface area is 115 Å². The lowest BCUT2D eigenvalue weighted by atomic mass is 10.5. The van der Waals surface area contributed by atoms with Crippen molar-refractivity contribution in [2.75, 3.05) is 0 Å². The molecule has 2 aromatic heterocycles. The van der Waals surface area contributed by atoms with E-state index in [0.29, 0.717) is 0 Å². The summed E-state index contributed by atoms with van der Waals surface area (Å²) in [6.07, 6.45) is 3.78. The number of nitro groups is 1. The fourth-order valence-corrected chi connectivity index (χ4v) is 3.04. The second-order valence-electron chi connectivity index (χ2n) is 3.98. The molecule has 0 aliphatic rings. The molecule has 0 amide bonds. The zero-order chi connectivity index (χ0) is 14.8. The minimum Gasteiger partial charge on any atom is -0.358 e. The van der Waals surface area contributed by atoms with Crippen molar-refractivity contribution >= 4 is 15.7 Å². The highest BCUT2D eigenvalue weighted by molar-refractivity contribution is 7.90. The van der Waals surface area contributed by atoms with Gasteiger partial charge in [-0.1, -0.05) is 0 Å². The molecule has 0 bridgehead atoms. The van der Waals surface area contributed by atoms with Crippen LogP contribution in [0.25, 0.3) is 0 Å². The van der Waals surface area contributed by atoms with Crippen LogP contribution in [-0.2, 0) is 22.1 Å². The number of pyridine rings is 1. The standard InChI is InChI=1S/C11H12N4O4S/c1-2-14-10(13-7-11(14)15(16)17)8-20(18,19)9-4-3-5-12-6-9/h3-7H,2,8H2,1H3. The highest BCUT2D eigenvalue weighted by atomic mass is 32.2. The van der Waals surface area contributed by atoms with Crippen LogP contribution in [0.3, 0.4) is 0 Å². The van der Waals surface area contributed by atoms with Crippen LogP contribution in [0.15, 0.2) is 35.6 Å². The maximum absolute atomic E-state index is 12.2. The van der Waals surface area contributed by atoms with E-state index in [0.717, 1.165) is 6.20 Å². The third kappa shape index (κ3) is 2.67. The van der Waals surface area contributed by atoms with Gasteiger partial charge in [-0.3, -0.25) is 4.98 Å². The van der Waals surface area contributed by atoms with Crippen LogP contribution in [0.2, 0.25) is 0 Å². The van der Waals surface area contributed by atoms with Crippen LogP contribution in [0, 0.1) is 10.1 Å². The number of imidazole rings is 1. The minimum absolute atomic E-state index is 0.0632. The van der Waals surface area contributed by atoms with E-state index in [9.17, 15) is 18.5 Å². The van der Waals surface area contributed by atoms with Crippen LogP contribution < -0.4 is 0 Å². The highest BCUT2D eigenvalue weighted by Crippen LogP contribution is 2.19. The molecule has 0 radical (unpaired) electrons. The van der Waals surface area contributed by atoms with Gasteiger partial charge in [0.05, 0.1) is 11.4 Å². The average molecular weight is 296 g/mol. The van der Waals surface area contributed by atoms with Gasteiger partial charge >= 0.3 is 5.82 Å². The molecule has 0 atom stereocenters. The van der Waals surface area contributed by atoms with Crippen LogP contribution in [0.4, 0.5) is 5.82 Å². The van der Waals surface area contributed by atoms with Gasteiger partial charge in [0.2, 0.25) is 5.82 Å². The first-order valence-electron chi connectivity index (χ1n) is 5.77. The molecule has 8 nitrogen and oxygen atoms in total. The summed E-state index contributed by atoms with van der Waals surface area (Å²) >= 11 is 0. The highest BCUT2D eigenvalue weighted by Gasteiger charge is 2.25. The van der Waals surface area contributed by atoms with Gasteiger partial charge in [0, 0.05) is 12.4 Å². The van der Waals surface area contributed by atoms with Gasteiger partial charge in [-0.2, -0.15) is 0 Å². The third-order valence-corrected chi connectivity index (χ3v) is 4.33. The topological polar surface area (TPSA) is 108 Å². The number of nitrogens with zero attached hydrogens (tertiary/aromatic N) is 4. The zero-order valence-corrected chi connectivity index (χ0v) is 11.4. The molecule has 0 saturated heterocycles. The van der Waals surface area contributed by atoms with Crippen molar-refractivity contribution in [3.05, 3.63) is 46.7 Å². The molecule has 0 saturated carbocycles. The van der Waals surface area contributed by atoms with Crippen molar-refractivity contribution in [3.8, 4) is 0 Å². The summed E-state index contributed by atoms with van der Waals surface area (Å²) in [5.41, 5.74) is 0. The summed E-state index contributed by atoms with van der Waals surface area (Å²) in [6.45, 7) is 1.96. The Morgan fingerprint density at radius 2 is 2.15 bits per heavy atom. The number of aromatic nitrogens is 3. The zero-order valence-electron chi connectivity index (χ0n) is 10.6. The largest absolute Gasteiger partial charge is 0.358 e. The van der Waals surface area contributed by atoms with Crippen molar-refractivity contribution < 1.29 is 13.3 Å². The van der Waals surface area contributed by atoms with Gasteiger partial charge in [0.1, 0.15) is 11.9 Å². The van der Waals surface area contributed by atoms with E-state index in [4.69, 9.17) is 0 Å². The summed E-state index contributed by atoms with van der Waals surface area (Å²) in [6, 6.07) is 2.94. The molecule has 20 heavy (non-hydrogen) atoms. The molecule has 0 fully saturated rings. The first kappa shape index (κ1) is 14.1. The number of hydrogen-bond acceptors (Lipinski definition) is 6. The van der Waals surface area contributed by atoms with Gasteiger partial charge in [0.15, 0.2) is 9.84 Å². The number of hydrogen-bond donors (Lipinski definition) is 0. The third-order valence-electron chi connectivity index (χ3n) is 2.73. The van der Waals surface area contributed by atoms with Crippen molar-refractivity contribution in [1.82, 2.24) is 14.5 Å². The van der Waals surface area contributed by atoms with Crippen molar-refractivity contribution in [1.29, 1.82) is 0 Å². The summed E-state index contributed by atoms with van der Waals surface area (Å²) < 4.78 is 25.6. The summed E-state index contributed by atoms with van der Waals surface area (Å²) in [7, 11) is -3.63. The fraction of sp³-hybridized carbons (Fsp3) is 0.273. The minimum atomic E-state index is -3.63. The fourth-order valence-electron chi connectivity index (χ4n) is 1.79. The van der Waals surface area contributed by atoms with Gasteiger partial charge in [-0.15, -0.1) is 0 Å². The normalized spacial score (nSPS) is 11.4. The molecule has 0 aliphatic heterocycles. The molecule has 0 unspecified atom stereocenters. The lowest BCUT2D eigenvalue weighted by molar-refractivity contribution is -0.392. The first-order chi connectivity index (χ1) is 9.45. The maximum atomic E-state index is 12.2. The average Bonchev–Trinajstić information content (AvgIpc) is 2.82. The Morgan fingerprint density at radius 1 is 1.40 bits per heavy atom. The van der Waals surface area contributed by atoms with Crippen LogP contribution in [0.5, 0.6) is 0 Å². The molecule has 2 aromatic rings. The van der Waals surface area contributed by atoms with E-state index >= 15 is 0 Å². The molecule has 0 aromatic carbocycles. The number of rotatable bonds is 5. The van der Waals surface area contributed by atoms with E-state index in [1.54, 1.807) is 6.92 Å². The van der Waals surface area contributed by atoms with Gasteiger partial charge in [0.25, 0.3) is 0 Å². The first-order valence-corrected chi connectivity index (χ1v) is 7.42. The smallest absolute Gasteiger partial charge is 0.342 e. The predicted molar refractivity (Wildman–Crippen MR) is 69.7 cm³/mol. The molecule has 0 N–H and O–H groups in total. The van der Waals surface area contributed by atoms with Gasteiger partial charge < -0.3 is 10.1 Å². The van der Waals surface area contributed by atoms with Crippen LogP contribution in [-0.4, -0.2) is 27.9 Å². The molecule has 106 valence electrons. The van der Waals surface area contributed by atoms with Crippen LogP contribution >= 0.6 is 0 Å². The molecule has 0 aliphatic carbocycles. The van der Waals surface area contributed by atoms with Gasteiger partial charge in [-0.05, 0) is 24.0 Å². The molecular formula is C11H12N4O4S. The lowest BCUT2D eigenvalue weighted by Gasteiger charge is -2.03. The van der Waals surface area contributed by atoms with Gasteiger partial charge in [-0.25, -0.2) is 18.0 Å². The molecule has 0 spiro atoms. The van der Waals surface area contributed by atoms with E-state index in [-0.39, 0.29) is 23.1 Å². The SMILES string of the molecule is CCn1c([N+](=O)[O-])cnc1CS(=O)(=O)c1cccnc1. The second kappa shape index (κ2) is 5.37. The summed E-state index contributed by atoms with van der Waals surface area (Å²) in [5.74, 6) is -0.479. The summed E-state index contributed by atoms with van der Waals surface area (Å²) in [5, 5.41) is 10.8.